The number of carbonyl (C=O) groups is 1. The van der Waals surface area contributed by atoms with Crippen LogP contribution in [0.3, 0.4) is 0 Å². The molecule has 0 aliphatic carbocycles. The van der Waals surface area contributed by atoms with E-state index >= 15 is 0 Å². The molecule has 1 aromatic carbocycles. The van der Waals surface area contributed by atoms with Crippen LogP contribution in [0.5, 0.6) is 5.75 Å². The Kier molecular flexibility index (Phi) is 4.24. The summed E-state index contributed by atoms with van der Waals surface area (Å²) in [7, 11) is 1.59. The normalized spacial score (nSPS) is 19.1. The lowest BCUT2D eigenvalue weighted by molar-refractivity contribution is 0.0740. The van der Waals surface area contributed by atoms with Gasteiger partial charge in [-0.15, -0.1) is 0 Å². The number of hydrogen-bond donors (Lipinski definition) is 1. The predicted molar refractivity (Wildman–Crippen MR) is 73.8 cm³/mol. The number of halogens is 1. The lowest BCUT2D eigenvalue weighted by Gasteiger charge is -2.24. The Labute approximate surface area is 115 Å². The number of rotatable bonds is 3. The second kappa shape index (κ2) is 5.71. The molecule has 1 fully saturated rings. The standard InChI is InChI=1S/C13H17BrN2O2/c1-18-10-4-5-12(14)11(7-10)13(17)16-6-2-3-9(16)8-15/h4-5,7,9H,2-3,6,8,15H2,1H3. The minimum Gasteiger partial charge on any atom is -0.497 e. The fraction of sp³-hybridized carbons (Fsp3) is 0.462. The van der Waals surface area contributed by atoms with E-state index in [4.69, 9.17) is 10.5 Å². The Morgan fingerprint density at radius 3 is 3.06 bits per heavy atom. The van der Waals surface area contributed by atoms with Crippen LogP contribution in [0.25, 0.3) is 0 Å². The highest BCUT2D eigenvalue weighted by atomic mass is 79.9. The van der Waals surface area contributed by atoms with Crippen molar-refractivity contribution in [3.8, 4) is 5.75 Å². The van der Waals surface area contributed by atoms with Gasteiger partial charge in [-0.3, -0.25) is 4.79 Å². The van der Waals surface area contributed by atoms with Gasteiger partial charge < -0.3 is 15.4 Å². The molecular weight excluding hydrogens is 296 g/mol. The lowest BCUT2D eigenvalue weighted by atomic mass is 10.1. The van der Waals surface area contributed by atoms with Crippen LogP contribution in [0.1, 0.15) is 23.2 Å². The Balaban J connectivity index is 2.27. The number of ether oxygens (including phenoxy) is 1. The van der Waals surface area contributed by atoms with E-state index in [-0.39, 0.29) is 11.9 Å². The summed E-state index contributed by atoms with van der Waals surface area (Å²) in [4.78, 5) is 14.4. The van der Waals surface area contributed by atoms with E-state index in [1.165, 1.54) is 0 Å². The van der Waals surface area contributed by atoms with Crippen molar-refractivity contribution in [3.05, 3.63) is 28.2 Å². The molecule has 1 aliphatic rings. The number of nitrogens with two attached hydrogens (primary N) is 1. The molecule has 0 spiro atoms. The Hall–Kier alpha value is -1.07. The number of carbonyl (C=O) groups excluding carboxylic acids is 1. The molecule has 1 atom stereocenters. The highest BCUT2D eigenvalue weighted by Gasteiger charge is 2.29. The van der Waals surface area contributed by atoms with Gasteiger partial charge in [0, 0.05) is 23.6 Å². The molecule has 5 heteroatoms. The van der Waals surface area contributed by atoms with Gasteiger partial charge in [-0.1, -0.05) is 0 Å². The van der Waals surface area contributed by atoms with Gasteiger partial charge in [0.25, 0.3) is 5.91 Å². The molecule has 1 heterocycles. The first-order chi connectivity index (χ1) is 8.67. The summed E-state index contributed by atoms with van der Waals surface area (Å²) in [5.41, 5.74) is 6.34. The zero-order valence-electron chi connectivity index (χ0n) is 10.4. The van der Waals surface area contributed by atoms with Crippen LogP contribution in [0.15, 0.2) is 22.7 Å². The van der Waals surface area contributed by atoms with Crippen molar-refractivity contribution < 1.29 is 9.53 Å². The Morgan fingerprint density at radius 2 is 2.39 bits per heavy atom. The molecule has 98 valence electrons. The molecule has 18 heavy (non-hydrogen) atoms. The van der Waals surface area contributed by atoms with Crippen LogP contribution in [-0.4, -0.2) is 37.0 Å². The number of nitrogens with zero attached hydrogens (tertiary/aromatic N) is 1. The van der Waals surface area contributed by atoms with Crippen LogP contribution in [0.4, 0.5) is 0 Å². The maximum Gasteiger partial charge on any atom is 0.255 e. The van der Waals surface area contributed by atoms with Crippen molar-refractivity contribution in [3.63, 3.8) is 0 Å². The summed E-state index contributed by atoms with van der Waals surface area (Å²) in [6, 6.07) is 5.58. The monoisotopic (exact) mass is 312 g/mol. The van der Waals surface area contributed by atoms with E-state index in [0.29, 0.717) is 17.9 Å². The van der Waals surface area contributed by atoms with Gasteiger partial charge in [-0.05, 0) is 47.0 Å². The zero-order chi connectivity index (χ0) is 13.1. The van der Waals surface area contributed by atoms with Crippen molar-refractivity contribution in [2.45, 2.75) is 18.9 Å². The molecular formula is C13H17BrN2O2. The zero-order valence-corrected chi connectivity index (χ0v) is 11.9. The van der Waals surface area contributed by atoms with Crippen molar-refractivity contribution in [1.82, 2.24) is 4.90 Å². The van der Waals surface area contributed by atoms with Crippen molar-refractivity contribution in [2.24, 2.45) is 5.73 Å². The van der Waals surface area contributed by atoms with Gasteiger partial charge in [0.1, 0.15) is 5.75 Å². The fourth-order valence-electron chi connectivity index (χ4n) is 2.30. The van der Waals surface area contributed by atoms with Gasteiger partial charge in [-0.2, -0.15) is 0 Å². The van der Waals surface area contributed by atoms with Crippen LogP contribution in [0, 0.1) is 0 Å². The van der Waals surface area contributed by atoms with Crippen LogP contribution >= 0.6 is 15.9 Å². The average molecular weight is 313 g/mol. The molecule has 0 bridgehead atoms. The minimum absolute atomic E-state index is 0.0220. The molecule has 1 aromatic rings. The van der Waals surface area contributed by atoms with Crippen molar-refractivity contribution >= 4 is 21.8 Å². The van der Waals surface area contributed by atoms with E-state index in [1.54, 1.807) is 13.2 Å². The number of hydrogen-bond acceptors (Lipinski definition) is 3. The third-order valence-corrected chi connectivity index (χ3v) is 4.01. The number of amides is 1. The third kappa shape index (κ3) is 2.52. The van der Waals surface area contributed by atoms with Crippen molar-refractivity contribution in [2.75, 3.05) is 20.2 Å². The molecule has 1 aliphatic heterocycles. The van der Waals surface area contributed by atoms with E-state index in [9.17, 15) is 4.79 Å². The first-order valence-corrected chi connectivity index (χ1v) is 6.81. The van der Waals surface area contributed by atoms with E-state index in [0.717, 1.165) is 23.9 Å². The number of benzene rings is 1. The van der Waals surface area contributed by atoms with Crippen LogP contribution in [0.2, 0.25) is 0 Å². The van der Waals surface area contributed by atoms with E-state index < -0.39 is 0 Å². The molecule has 2 rings (SSSR count). The molecule has 0 saturated carbocycles. The molecule has 0 aromatic heterocycles. The van der Waals surface area contributed by atoms with Gasteiger partial charge >= 0.3 is 0 Å². The van der Waals surface area contributed by atoms with Gasteiger partial charge in [-0.25, -0.2) is 0 Å². The van der Waals surface area contributed by atoms with Gasteiger partial charge in [0.2, 0.25) is 0 Å². The summed E-state index contributed by atoms with van der Waals surface area (Å²) < 4.78 is 5.95. The van der Waals surface area contributed by atoms with E-state index in [2.05, 4.69) is 15.9 Å². The molecule has 1 unspecified atom stereocenters. The van der Waals surface area contributed by atoms with Crippen LogP contribution in [-0.2, 0) is 0 Å². The summed E-state index contributed by atoms with van der Waals surface area (Å²) in [6.45, 7) is 1.30. The molecule has 1 amide bonds. The minimum atomic E-state index is 0.0220. The van der Waals surface area contributed by atoms with E-state index in [1.807, 2.05) is 17.0 Å². The quantitative estimate of drug-likeness (QED) is 0.929. The third-order valence-electron chi connectivity index (χ3n) is 3.31. The Bertz CT molecular complexity index is 451. The second-order valence-corrected chi connectivity index (χ2v) is 5.23. The first-order valence-electron chi connectivity index (χ1n) is 6.02. The SMILES string of the molecule is COc1ccc(Br)c(C(=O)N2CCCC2CN)c1. The topological polar surface area (TPSA) is 55.6 Å². The smallest absolute Gasteiger partial charge is 0.255 e. The highest BCUT2D eigenvalue weighted by molar-refractivity contribution is 9.10. The average Bonchev–Trinajstić information content (AvgIpc) is 2.86. The highest BCUT2D eigenvalue weighted by Crippen LogP contribution is 2.26. The predicted octanol–water partition coefficient (Wildman–Crippen LogP) is 2.02. The number of likely N-dealkylation sites (tertiary alicyclic amines) is 1. The Morgan fingerprint density at radius 1 is 1.61 bits per heavy atom. The summed E-state index contributed by atoms with van der Waals surface area (Å²) >= 11 is 3.41. The van der Waals surface area contributed by atoms with Crippen LogP contribution < -0.4 is 10.5 Å². The largest absolute Gasteiger partial charge is 0.497 e. The summed E-state index contributed by atoms with van der Waals surface area (Å²) in [6.07, 6.45) is 2.01. The maximum atomic E-state index is 12.5. The molecule has 0 radical (unpaired) electrons. The first kappa shape index (κ1) is 13.4. The lowest BCUT2D eigenvalue weighted by Crippen LogP contribution is -2.40. The molecule has 2 N–H and O–H groups in total. The van der Waals surface area contributed by atoms with Crippen molar-refractivity contribution in [1.29, 1.82) is 0 Å². The number of methoxy groups -OCH3 is 1. The van der Waals surface area contributed by atoms with Gasteiger partial charge in [0.15, 0.2) is 0 Å². The summed E-state index contributed by atoms with van der Waals surface area (Å²) in [5, 5.41) is 0. The fourth-order valence-corrected chi connectivity index (χ4v) is 2.71. The molecule has 1 saturated heterocycles. The maximum absolute atomic E-state index is 12.5. The van der Waals surface area contributed by atoms with Gasteiger partial charge in [0.05, 0.1) is 12.7 Å². The summed E-state index contributed by atoms with van der Waals surface area (Å²) in [5.74, 6) is 0.707. The second-order valence-electron chi connectivity index (χ2n) is 4.38. The molecule has 4 nitrogen and oxygen atoms in total.